The van der Waals surface area contributed by atoms with Crippen molar-refractivity contribution in [1.82, 2.24) is 5.32 Å². The highest BCUT2D eigenvalue weighted by Gasteiger charge is 2.31. The van der Waals surface area contributed by atoms with E-state index in [2.05, 4.69) is 38.3 Å². The average molecular weight is 267 g/mol. The van der Waals surface area contributed by atoms with E-state index in [9.17, 15) is 0 Å². The molecule has 2 rings (SSSR count). The SMILES string of the molecule is CCOC1CC(CC(NC)c2ccc(CC)s2)C1. The van der Waals surface area contributed by atoms with E-state index in [1.165, 1.54) is 29.0 Å². The molecule has 2 nitrogen and oxygen atoms in total. The van der Waals surface area contributed by atoms with Gasteiger partial charge in [0.1, 0.15) is 0 Å². The molecule has 1 heterocycles. The van der Waals surface area contributed by atoms with Crippen LogP contribution in [0, 0.1) is 5.92 Å². The highest BCUT2D eigenvalue weighted by molar-refractivity contribution is 7.12. The third-order valence-corrected chi connectivity index (χ3v) is 5.23. The third kappa shape index (κ3) is 3.34. The summed E-state index contributed by atoms with van der Waals surface area (Å²) in [5.41, 5.74) is 0. The Morgan fingerprint density at radius 3 is 2.72 bits per heavy atom. The normalized spacial score (nSPS) is 24.8. The highest BCUT2D eigenvalue weighted by Crippen LogP contribution is 2.38. The molecule has 1 fully saturated rings. The van der Waals surface area contributed by atoms with Crippen LogP contribution in [-0.4, -0.2) is 19.8 Å². The maximum atomic E-state index is 5.63. The molecule has 0 amide bonds. The van der Waals surface area contributed by atoms with Crippen LogP contribution in [0.5, 0.6) is 0 Å². The summed E-state index contributed by atoms with van der Waals surface area (Å²) in [6.45, 7) is 5.17. The predicted octanol–water partition coefficient (Wildman–Crippen LogP) is 3.78. The molecule has 0 spiro atoms. The van der Waals surface area contributed by atoms with Crippen LogP contribution in [0.25, 0.3) is 0 Å². The second kappa shape index (κ2) is 6.69. The number of ether oxygens (including phenoxy) is 1. The average Bonchev–Trinajstić information content (AvgIpc) is 2.80. The Morgan fingerprint density at radius 2 is 2.17 bits per heavy atom. The third-order valence-electron chi connectivity index (χ3n) is 3.89. The van der Waals surface area contributed by atoms with Crippen LogP contribution in [0.15, 0.2) is 12.1 Å². The quantitative estimate of drug-likeness (QED) is 0.812. The van der Waals surface area contributed by atoms with Gasteiger partial charge in [-0.15, -0.1) is 11.3 Å². The van der Waals surface area contributed by atoms with Crippen LogP contribution >= 0.6 is 11.3 Å². The van der Waals surface area contributed by atoms with Crippen LogP contribution in [-0.2, 0) is 11.2 Å². The summed E-state index contributed by atoms with van der Waals surface area (Å²) in [5.74, 6) is 0.839. The summed E-state index contributed by atoms with van der Waals surface area (Å²) in [5, 5.41) is 3.47. The summed E-state index contributed by atoms with van der Waals surface area (Å²) >= 11 is 1.96. The number of rotatable bonds is 7. The van der Waals surface area contributed by atoms with Crippen molar-refractivity contribution in [1.29, 1.82) is 0 Å². The Balaban J connectivity index is 1.83. The van der Waals surface area contributed by atoms with Crippen LogP contribution in [0.2, 0.25) is 0 Å². The first-order valence-corrected chi connectivity index (χ1v) is 7.95. The first kappa shape index (κ1) is 14.0. The number of nitrogens with one attached hydrogen (secondary N) is 1. The Morgan fingerprint density at radius 1 is 1.39 bits per heavy atom. The van der Waals surface area contributed by atoms with Gasteiger partial charge >= 0.3 is 0 Å². The zero-order chi connectivity index (χ0) is 13.0. The minimum atomic E-state index is 0.530. The Hall–Kier alpha value is -0.380. The zero-order valence-electron chi connectivity index (χ0n) is 11.7. The van der Waals surface area contributed by atoms with E-state index in [1.54, 1.807) is 0 Å². The largest absolute Gasteiger partial charge is 0.378 e. The number of hydrogen-bond acceptors (Lipinski definition) is 3. The lowest BCUT2D eigenvalue weighted by atomic mass is 9.78. The molecular weight excluding hydrogens is 242 g/mol. The lowest BCUT2D eigenvalue weighted by Gasteiger charge is -2.36. The number of aryl methyl sites for hydroxylation is 1. The smallest absolute Gasteiger partial charge is 0.0580 e. The summed E-state index contributed by atoms with van der Waals surface area (Å²) in [6, 6.07) is 5.10. The Bertz CT molecular complexity index is 357. The Labute approximate surface area is 115 Å². The van der Waals surface area contributed by atoms with Gasteiger partial charge in [-0.05, 0) is 57.7 Å². The maximum absolute atomic E-state index is 5.63. The van der Waals surface area contributed by atoms with Crippen molar-refractivity contribution in [2.45, 2.75) is 51.7 Å². The summed E-state index contributed by atoms with van der Waals surface area (Å²) in [7, 11) is 2.08. The van der Waals surface area contributed by atoms with Crippen LogP contribution in [0.1, 0.15) is 48.9 Å². The minimum Gasteiger partial charge on any atom is -0.378 e. The van der Waals surface area contributed by atoms with E-state index < -0.39 is 0 Å². The first-order chi connectivity index (χ1) is 8.76. The minimum absolute atomic E-state index is 0.530. The molecule has 18 heavy (non-hydrogen) atoms. The van der Waals surface area contributed by atoms with E-state index in [1.807, 2.05) is 11.3 Å². The molecule has 1 aliphatic carbocycles. The predicted molar refractivity (Wildman–Crippen MR) is 78.3 cm³/mol. The molecule has 0 bridgehead atoms. The van der Waals surface area contributed by atoms with Crippen LogP contribution in [0.4, 0.5) is 0 Å². The summed E-state index contributed by atoms with van der Waals surface area (Å²) in [6.07, 6.45) is 5.43. The molecule has 0 radical (unpaired) electrons. The molecule has 1 aliphatic rings. The summed E-state index contributed by atoms with van der Waals surface area (Å²) < 4.78 is 5.63. The standard InChI is InChI=1S/C15H25NOS/c1-4-13-6-7-15(18-13)14(16-3)10-11-8-12(9-11)17-5-2/h6-7,11-12,14,16H,4-5,8-10H2,1-3H3. The van der Waals surface area contributed by atoms with Gasteiger partial charge in [-0.25, -0.2) is 0 Å². The van der Waals surface area contributed by atoms with E-state index >= 15 is 0 Å². The second-order valence-corrected chi connectivity index (χ2v) is 6.35. The molecule has 1 unspecified atom stereocenters. The van der Waals surface area contributed by atoms with Gasteiger partial charge in [-0.1, -0.05) is 6.92 Å². The van der Waals surface area contributed by atoms with Crippen molar-refractivity contribution in [2.24, 2.45) is 5.92 Å². The molecule has 3 heteroatoms. The van der Waals surface area contributed by atoms with Gasteiger partial charge in [0, 0.05) is 22.4 Å². The second-order valence-electron chi connectivity index (χ2n) is 5.15. The van der Waals surface area contributed by atoms with Gasteiger partial charge in [-0.2, -0.15) is 0 Å². The molecule has 0 saturated heterocycles. The van der Waals surface area contributed by atoms with E-state index in [4.69, 9.17) is 4.74 Å². The topological polar surface area (TPSA) is 21.3 Å². The fourth-order valence-electron chi connectivity index (χ4n) is 2.72. The monoisotopic (exact) mass is 267 g/mol. The molecule has 1 aromatic rings. The fraction of sp³-hybridized carbons (Fsp3) is 0.733. The molecule has 0 aliphatic heterocycles. The fourth-order valence-corrected chi connectivity index (χ4v) is 3.80. The molecule has 1 saturated carbocycles. The first-order valence-electron chi connectivity index (χ1n) is 7.14. The van der Waals surface area contributed by atoms with Crippen molar-refractivity contribution in [3.63, 3.8) is 0 Å². The highest BCUT2D eigenvalue weighted by atomic mass is 32.1. The van der Waals surface area contributed by atoms with E-state index in [0.29, 0.717) is 12.1 Å². The molecule has 1 atom stereocenters. The van der Waals surface area contributed by atoms with Crippen molar-refractivity contribution >= 4 is 11.3 Å². The molecular formula is C15H25NOS. The van der Waals surface area contributed by atoms with Crippen LogP contribution in [0.3, 0.4) is 0 Å². The maximum Gasteiger partial charge on any atom is 0.0580 e. The number of hydrogen-bond donors (Lipinski definition) is 1. The van der Waals surface area contributed by atoms with Crippen LogP contribution < -0.4 is 5.32 Å². The summed E-state index contributed by atoms with van der Waals surface area (Å²) in [4.78, 5) is 2.99. The van der Waals surface area contributed by atoms with Crippen molar-refractivity contribution in [3.8, 4) is 0 Å². The zero-order valence-corrected chi connectivity index (χ0v) is 12.6. The number of thiophene rings is 1. The van der Waals surface area contributed by atoms with E-state index in [-0.39, 0.29) is 0 Å². The van der Waals surface area contributed by atoms with Gasteiger partial charge in [0.05, 0.1) is 6.10 Å². The van der Waals surface area contributed by atoms with Gasteiger partial charge in [-0.3, -0.25) is 0 Å². The van der Waals surface area contributed by atoms with Crippen molar-refractivity contribution in [2.75, 3.05) is 13.7 Å². The molecule has 0 aromatic carbocycles. The lowest BCUT2D eigenvalue weighted by Crippen LogP contribution is -2.34. The van der Waals surface area contributed by atoms with Gasteiger partial charge < -0.3 is 10.1 Å². The van der Waals surface area contributed by atoms with Gasteiger partial charge in [0.15, 0.2) is 0 Å². The lowest BCUT2D eigenvalue weighted by molar-refractivity contribution is -0.0288. The van der Waals surface area contributed by atoms with E-state index in [0.717, 1.165) is 18.9 Å². The van der Waals surface area contributed by atoms with Crippen molar-refractivity contribution < 1.29 is 4.74 Å². The molecule has 1 aromatic heterocycles. The van der Waals surface area contributed by atoms with Gasteiger partial charge in [0.25, 0.3) is 0 Å². The molecule has 1 N–H and O–H groups in total. The Kier molecular flexibility index (Phi) is 5.22. The van der Waals surface area contributed by atoms with Gasteiger partial charge in [0.2, 0.25) is 0 Å². The molecule has 102 valence electrons. The van der Waals surface area contributed by atoms with Crippen molar-refractivity contribution in [3.05, 3.63) is 21.9 Å².